The Morgan fingerprint density at radius 1 is 1.42 bits per heavy atom. The van der Waals surface area contributed by atoms with E-state index in [1.54, 1.807) is 29.0 Å². The molecule has 0 amide bonds. The molecular formula is C14H16ClNO3. The summed E-state index contributed by atoms with van der Waals surface area (Å²) in [7, 11) is 0. The van der Waals surface area contributed by atoms with Crippen molar-refractivity contribution in [2.24, 2.45) is 0 Å². The first-order valence-electron chi connectivity index (χ1n) is 5.95. The van der Waals surface area contributed by atoms with Crippen LogP contribution < -0.4 is 0 Å². The highest BCUT2D eigenvalue weighted by Crippen LogP contribution is 2.28. The zero-order valence-electron chi connectivity index (χ0n) is 11.1. The minimum atomic E-state index is -0.522. The fourth-order valence-corrected chi connectivity index (χ4v) is 2.16. The number of phenolic OH excluding ortho intramolecular Hbond substituents is 1. The first-order chi connectivity index (χ1) is 8.76. The normalized spacial score (nSPS) is 11.8. The summed E-state index contributed by atoms with van der Waals surface area (Å²) in [5, 5.41) is 10.8. The number of fused-ring (bicyclic) bond motifs is 1. The summed E-state index contributed by atoms with van der Waals surface area (Å²) in [4.78, 5) is 11.8. The molecule has 0 atom stereocenters. The van der Waals surface area contributed by atoms with Crippen LogP contribution >= 0.6 is 11.6 Å². The summed E-state index contributed by atoms with van der Waals surface area (Å²) < 4.78 is 6.94. The van der Waals surface area contributed by atoms with E-state index in [4.69, 9.17) is 16.3 Å². The standard InChI is InChI=1S/C14H16ClNO3/c1-14(2,3)19-13(18)8-16-7-11(15)10-5-4-9(17)6-12(10)16/h4-7,17H,8H2,1-3H3. The summed E-state index contributed by atoms with van der Waals surface area (Å²) in [6.45, 7) is 5.51. The molecule has 0 spiro atoms. The lowest BCUT2D eigenvalue weighted by molar-refractivity contribution is -0.155. The predicted molar refractivity (Wildman–Crippen MR) is 74.5 cm³/mol. The molecule has 0 saturated carbocycles. The van der Waals surface area contributed by atoms with Crippen molar-refractivity contribution in [2.75, 3.05) is 0 Å². The summed E-state index contributed by atoms with van der Waals surface area (Å²) >= 11 is 6.09. The summed E-state index contributed by atoms with van der Waals surface area (Å²) in [6, 6.07) is 4.86. The molecule has 0 aliphatic heterocycles. The number of hydrogen-bond donors (Lipinski definition) is 1. The van der Waals surface area contributed by atoms with Crippen LogP contribution in [0.4, 0.5) is 0 Å². The monoisotopic (exact) mass is 281 g/mol. The number of halogens is 1. The van der Waals surface area contributed by atoms with Crippen LogP contribution in [0.5, 0.6) is 5.75 Å². The van der Waals surface area contributed by atoms with Crippen molar-refractivity contribution in [1.82, 2.24) is 4.57 Å². The number of hydrogen-bond acceptors (Lipinski definition) is 3. The highest BCUT2D eigenvalue weighted by molar-refractivity contribution is 6.35. The molecule has 0 radical (unpaired) electrons. The van der Waals surface area contributed by atoms with E-state index in [9.17, 15) is 9.90 Å². The minimum Gasteiger partial charge on any atom is -0.508 e. The first-order valence-corrected chi connectivity index (χ1v) is 6.33. The van der Waals surface area contributed by atoms with Gasteiger partial charge in [0.15, 0.2) is 0 Å². The lowest BCUT2D eigenvalue weighted by Crippen LogP contribution is -2.26. The van der Waals surface area contributed by atoms with E-state index in [-0.39, 0.29) is 18.3 Å². The van der Waals surface area contributed by atoms with E-state index < -0.39 is 5.60 Å². The number of esters is 1. The highest BCUT2D eigenvalue weighted by atomic mass is 35.5. The Morgan fingerprint density at radius 3 is 2.74 bits per heavy atom. The van der Waals surface area contributed by atoms with E-state index in [0.29, 0.717) is 10.5 Å². The highest BCUT2D eigenvalue weighted by Gasteiger charge is 2.18. The second kappa shape index (κ2) is 4.78. The summed E-state index contributed by atoms with van der Waals surface area (Å²) in [5.41, 5.74) is 0.183. The van der Waals surface area contributed by atoms with Crippen molar-refractivity contribution in [3.05, 3.63) is 29.4 Å². The van der Waals surface area contributed by atoms with Gasteiger partial charge in [-0.1, -0.05) is 11.6 Å². The number of ether oxygens (including phenoxy) is 1. The average Bonchev–Trinajstić information content (AvgIpc) is 2.52. The topological polar surface area (TPSA) is 51.5 Å². The molecule has 4 nitrogen and oxygen atoms in total. The second-order valence-corrected chi connectivity index (χ2v) is 5.80. The van der Waals surface area contributed by atoms with Crippen molar-refractivity contribution in [3.8, 4) is 5.75 Å². The minimum absolute atomic E-state index is 0.0595. The molecule has 1 N–H and O–H groups in total. The quantitative estimate of drug-likeness (QED) is 0.859. The fraction of sp³-hybridized carbons (Fsp3) is 0.357. The molecule has 0 bridgehead atoms. The zero-order chi connectivity index (χ0) is 14.2. The lowest BCUT2D eigenvalue weighted by atomic mass is 10.2. The average molecular weight is 282 g/mol. The van der Waals surface area contributed by atoms with Gasteiger partial charge in [-0.25, -0.2) is 0 Å². The number of aromatic nitrogens is 1. The lowest BCUT2D eigenvalue weighted by Gasteiger charge is -2.19. The molecule has 2 rings (SSSR count). The van der Waals surface area contributed by atoms with Gasteiger partial charge in [0.05, 0.1) is 10.5 Å². The van der Waals surface area contributed by atoms with Gasteiger partial charge >= 0.3 is 5.97 Å². The molecule has 0 saturated heterocycles. The molecule has 1 heterocycles. The van der Waals surface area contributed by atoms with Gasteiger partial charge in [-0.05, 0) is 32.9 Å². The number of benzene rings is 1. The van der Waals surface area contributed by atoms with Crippen molar-refractivity contribution in [1.29, 1.82) is 0 Å². The second-order valence-electron chi connectivity index (χ2n) is 5.39. The van der Waals surface area contributed by atoms with E-state index in [1.165, 1.54) is 0 Å². The molecule has 0 unspecified atom stereocenters. The van der Waals surface area contributed by atoms with Crippen LogP contribution in [0.3, 0.4) is 0 Å². The van der Waals surface area contributed by atoms with E-state index in [2.05, 4.69) is 0 Å². The molecule has 0 fully saturated rings. The maximum absolute atomic E-state index is 11.8. The molecule has 5 heteroatoms. The maximum Gasteiger partial charge on any atom is 0.326 e. The van der Waals surface area contributed by atoms with Crippen molar-refractivity contribution in [2.45, 2.75) is 32.9 Å². The van der Waals surface area contributed by atoms with Crippen LogP contribution in [-0.2, 0) is 16.1 Å². The summed E-state index contributed by atoms with van der Waals surface area (Å²) in [5.74, 6) is -0.211. The molecule has 1 aromatic carbocycles. The Kier molecular flexibility index (Phi) is 3.45. The van der Waals surface area contributed by atoms with Crippen LogP contribution in [0, 0.1) is 0 Å². The molecule has 19 heavy (non-hydrogen) atoms. The Labute approximate surface area is 116 Å². The first kappa shape index (κ1) is 13.7. The molecule has 1 aromatic heterocycles. The van der Waals surface area contributed by atoms with E-state index >= 15 is 0 Å². The van der Waals surface area contributed by atoms with Gasteiger partial charge in [0.25, 0.3) is 0 Å². The van der Waals surface area contributed by atoms with Crippen LogP contribution in [0.15, 0.2) is 24.4 Å². The largest absolute Gasteiger partial charge is 0.508 e. The Morgan fingerprint density at radius 2 is 2.11 bits per heavy atom. The van der Waals surface area contributed by atoms with Crippen molar-refractivity contribution < 1.29 is 14.6 Å². The third-order valence-electron chi connectivity index (χ3n) is 2.54. The van der Waals surface area contributed by atoms with Gasteiger partial charge in [0, 0.05) is 17.6 Å². The van der Waals surface area contributed by atoms with Gasteiger partial charge in [-0.2, -0.15) is 0 Å². The van der Waals surface area contributed by atoms with Crippen molar-refractivity contribution >= 4 is 28.5 Å². The number of nitrogens with zero attached hydrogens (tertiary/aromatic N) is 1. The smallest absolute Gasteiger partial charge is 0.326 e. The number of aromatic hydroxyl groups is 1. The third kappa shape index (κ3) is 3.20. The third-order valence-corrected chi connectivity index (χ3v) is 2.84. The van der Waals surface area contributed by atoms with Gasteiger partial charge in [-0.15, -0.1) is 0 Å². The molecule has 0 aliphatic rings. The Balaban J connectivity index is 2.31. The molecule has 2 aromatic rings. The van der Waals surface area contributed by atoms with Gasteiger partial charge in [-0.3, -0.25) is 4.79 Å². The van der Waals surface area contributed by atoms with Crippen molar-refractivity contribution in [3.63, 3.8) is 0 Å². The Bertz CT molecular complexity index is 625. The number of phenols is 1. The van der Waals surface area contributed by atoms with Gasteiger partial charge in [0.1, 0.15) is 17.9 Å². The predicted octanol–water partition coefficient (Wildman–Crippen LogP) is 3.34. The van der Waals surface area contributed by atoms with Gasteiger partial charge in [0.2, 0.25) is 0 Å². The maximum atomic E-state index is 11.8. The number of carbonyl (C=O) groups is 1. The van der Waals surface area contributed by atoms with Crippen LogP contribution in [0.2, 0.25) is 5.02 Å². The van der Waals surface area contributed by atoms with Crippen LogP contribution in [0.25, 0.3) is 10.9 Å². The fourth-order valence-electron chi connectivity index (χ4n) is 1.88. The van der Waals surface area contributed by atoms with Crippen LogP contribution in [-0.4, -0.2) is 21.2 Å². The Hall–Kier alpha value is -1.68. The number of rotatable bonds is 2. The zero-order valence-corrected chi connectivity index (χ0v) is 11.9. The van der Waals surface area contributed by atoms with Crippen LogP contribution in [0.1, 0.15) is 20.8 Å². The van der Waals surface area contributed by atoms with Gasteiger partial charge < -0.3 is 14.4 Å². The van der Waals surface area contributed by atoms with E-state index in [0.717, 1.165) is 5.39 Å². The summed E-state index contributed by atoms with van der Waals surface area (Å²) in [6.07, 6.45) is 1.66. The van der Waals surface area contributed by atoms with E-state index in [1.807, 2.05) is 20.8 Å². The molecular weight excluding hydrogens is 266 g/mol. The molecule has 102 valence electrons. The SMILES string of the molecule is CC(C)(C)OC(=O)Cn1cc(Cl)c2ccc(O)cc21. The number of carbonyl (C=O) groups excluding carboxylic acids is 1. The molecule has 0 aliphatic carbocycles.